The third kappa shape index (κ3) is 3.75. The summed E-state index contributed by atoms with van der Waals surface area (Å²) in [6.45, 7) is 4.10. The summed E-state index contributed by atoms with van der Waals surface area (Å²) >= 11 is 0. The van der Waals surface area contributed by atoms with Gasteiger partial charge in [-0.3, -0.25) is 9.36 Å². The first-order valence-corrected chi connectivity index (χ1v) is 9.99. The maximum atomic E-state index is 12.7. The second-order valence-electron chi connectivity index (χ2n) is 7.70. The van der Waals surface area contributed by atoms with Gasteiger partial charge in [0.15, 0.2) is 0 Å². The molecule has 4 heteroatoms. The lowest BCUT2D eigenvalue weighted by atomic mass is 10.1. The molecule has 2 aromatic carbocycles. The Bertz CT molecular complexity index is 965. The van der Waals surface area contributed by atoms with E-state index in [4.69, 9.17) is 4.98 Å². The Balaban J connectivity index is 1.62. The Morgan fingerprint density at radius 1 is 1.04 bits per heavy atom. The van der Waals surface area contributed by atoms with Gasteiger partial charge in [-0.1, -0.05) is 37.8 Å². The van der Waals surface area contributed by atoms with Crippen LogP contribution in [-0.2, 0) is 0 Å². The number of amides is 1. The van der Waals surface area contributed by atoms with Gasteiger partial charge in [-0.15, -0.1) is 0 Å². The van der Waals surface area contributed by atoms with Gasteiger partial charge in [0.05, 0.1) is 11.0 Å². The smallest absolute Gasteiger partial charge is 0.251 e. The lowest BCUT2D eigenvalue weighted by molar-refractivity contribution is 0.0933. The third-order valence-corrected chi connectivity index (χ3v) is 5.53. The number of carbonyl (C=O) groups excluding carboxylic acids is 1. The zero-order chi connectivity index (χ0) is 18.8. The number of nitrogens with zero attached hydrogens (tertiary/aromatic N) is 2. The molecule has 4 rings (SSSR count). The van der Waals surface area contributed by atoms with Crippen molar-refractivity contribution in [2.75, 3.05) is 0 Å². The van der Waals surface area contributed by atoms with Crippen LogP contribution < -0.4 is 5.32 Å². The molecular formula is C23H27N3O. The number of aromatic nitrogens is 2. The second kappa shape index (κ2) is 7.55. The molecule has 1 heterocycles. The molecule has 1 fully saturated rings. The van der Waals surface area contributed by atoms with Gasteiger partial charge in [-0.2, -0.15) is 0 Å². The van der Waals surface area contributed by atoms with Crippen LogP contribution in [0.4, 0.5) is 0 Å². The number of fused-ring (bicyclic) bond motifs is 1. The number of benzene rings is 2. The predicted molar refractivity (Wildman–Crippen MR) is 110 cm³/mol. The molecule has 1 N–H and O–H groups in total. The van der Waals surface area contributed by atoms with Crippen molar-refractivity contribution >= 4 is 16.9 Å². The van der Waals surface area contributed by atoms with E-state index in [0.29, 0.717) is 11.6 Å². The molecule has 1 amide bonds. The van der Waals surface area contributed by atoms with Crippen molar-refractivity contribution in [2.45, 2.75) is 58.4 Å². The van der Waals surface area contributed by atoms with Crippen LogP contribution in [0.1, 0.15) is 60.3 Å². The Labute approximate surface area is 160 Å². The van der Waals surface area contributed by atoms with Gasteiger partial charge in [0.1, 0.15) is 5.82 Å². The van der Waals surface area contributed by atoms with Gasteiger partial charge in [0.25, 0.3) is 5.91 Å². The summed E-state index contributed by atoms with van der Waals surface area (Å²) in [4.78, 5) is 17.4. The van der Waals surface area contributed by atoms with E-state index in [-0.39, 0.29) is 5.91 Å². The average Bonchev–Trinajstić information content (AvgIpc) is 2.80. The van der Waals surface area contributed by atoms with Crippen molar-refractivity contribution < 1.29 is 4.79 Å². The van der Waals surface area contributed by atoms with Crippen LogP contribution >= 0.6 is 0 Å². The second-order valence-corrected chi connectivity index (χ2v) is 7.70. The van der Waals surface area contributed by atoms with E-state index in [2.05, 4.69) is 41.1 Å². The number of nitrogens with one attached hydrogen (secondary N) is 1. The molecule has 3 aromatic rings. The molecule has 0 radical (unpaired) electrons. The SMILES string of the molecule is Cc1cccc(-n2c(C)nc3cc(C(=O)NC4CCCCCC4)ccc32)c1. The largest absolute Gasteiger partial charge is 0.349 e. The topological polar surface area (TPSA) is 46.9 Å². The van der Waals surface area contributed by atoms with Crippen molar-refractivity contribution in [3.63, 3.8) is 0 Å². The quantitative estimate of drug-likeness (QED) is 0.660. The molecule has 0 unspecified atom stereocenters. The summed E-state index contributed by atoms with van der Waals surface area (Å²) in [7, 11) is 0. The molecular weight excluding hydrogens is 334 g/mol. The van der Waals surface area contributed by atoms with E-state index >= 15 is 0 Å². The van der Waals surface area contributed by atoms with Gasteiger partial charge < -0.3 is 5.32 Å². The summed E-state index contributed by atoms with van der Waals surface area (Å²) in [5.74, 6) is 0.948. The lowest BCUT2D eigenvalue weighted by Crippen LogP contribution is -2.34. The van der Waals surface area contributed by atoms with E-state index in [1.165, 1.54) is 31.2 Å². The molecule has 1 aromatic heterocycles. The molecule has 1 saturated carbocycles. The summed E-state index contributed by atoms with van der Waals surface area (Å²) in [6, 6.07) is 14.6. The van der Waals surface area contributed by atoms with Crippen LogP contribution in [0.15, 0.2) is 42.5 Å². The summed E-state index contributed by atoms with van der Waals surface area (Å²) < 4.78 is 2.15. The molecule has 0 saturated heterocycles. The maximum Gasteiger partial charge on any atom is 0.251 e. The average molecular weight is 361 g/mol. The first-order chi connectivity index (χ1) is 13.1. The minimum Gasteiger partial charge on any atom is -0.349 e. The summed E-state index contributed by atoms with van der Waals surface area (Å²) in [6.07, 6.45) is 7.18. The molecule has 0 atom stereocenters. The first kappa shape index (κ1) is 17.8. The molecule has 1 aliphatic rings. The number of carbonyl (C=O) groups is 1. The van der Waals surface area contributed by atoms with Crippen LogP contribution in [0.3, 0.4) is 0 Å². The molecule has 0 aliphatic heterocycles. The van der Waals surface area contributed by atoms with Crippen LogP contribution in [0.25, 0.3) is 16.7 Å². The molecule has 0 bridgehead atoms. The highest BCUT2D eigenvalue weighted by Crippen LogP contribution is 2.23. The minimum atomic E-state index is 0.0200. The monoisotopic (exact) mass is 361 g/mol. The number of imidazole rings is 1. The van der Waals surface area contributed by atoms with Crippen LogP contribution in [0.5, 0.6) is 0 Å². The van der Waals surface area contributed by atoms with Gasteiger partial charge in [0, 0.05) is 17.3 Å². The lowest BCUT2D eigenvalue weighted by Gasteiger charge is -2.16. The molecule has 27 heavy (non-hydrogen) atoms. The Morgan fingerprint density at radius 3 is 2.56 bits per heavy atom. The van der Waals surface area contributed by atoms with Gasteiger partial charge in [0.2, 0.25) is 0 Å². The summed E-state index contributed by atoms with van der Waals surface area (Å²) in [5.41, 5.74) is 4.91. The van der Waals surface area contributed by atoms with Crippen LogP contribution in [-0.4, -0.2) is 21.5 Å². The van der Waals surface area contributed by atoms with Gasteiger partial charge >= 0.3 is 0 Å². The molecule has 4 nitrogen and oxygen atoms in total. The van der Waals surface area contributed by atoms with Crippen molar-refractivity contribution in [2.24, 2.45) is 0 Å². The van der Waals surface area contributed by atoms with Crippen LogP contribution in [0.2, 0.25) is 0 Å². The Kier molecular flexibility index (Phi) is 4.97. The Hall–Kier alpha value is -2.62. The summed E-state index contributed by atoms with van der Waals surface area (Å²) in [5, 5.41) is 3.23. The van der Waals surface area contributed by atoms with E-state index < -0.39 is 0 Å². The highest BCUT2D eigenvalue weighted by Gasteiger charge is 2.17. The fourth-order valence-electron chi connectivity index (χ4n) is 4.13. The molecule has 1 aliphatic carbocycles. The predicted octanol–water partition coefficient (Wildman–Crippen LogP) is 5.09. The highest BCUT2D eigenvalue weighted by atomic mass is 16.1. The maximum absolute atomic E-state index is 12.7. The number of hydrogen-bond acceptors (Lipinski definition) is 2. The van der Waals surface area contributed by atoms with Crippen molar-refractivity contribution in [1.29, 1.82) is 0 Å². The van der Waals surface area contributed by atoms with E-state index in [1.807, 2.05) is 25.1 Å². The van der Waals surface area contributed by atoms with E-state index in [0.717, 1.165) is 35.4 Å². The number of hydrogen-bond donors (Lipinski definition) is 1. The standard InChI is InChI=1S/C23H27N3O/c1-16-8-7-11-20(14-16)26-17(2)24-21-15-18(12-13-22(21)26)23(27)25-19-9-5-3-4-6-10-19/h7-8,11-15,19H,3-6,9-10H2,1-2H3,(H,25,27). The zero-order valence-corrected chi connectivity index (χ0v) is 16.2. The normalized spacial score (nSPS) is 15.6. The van der Waals surface area contributed by atoms with Crippen LogP contribution in [0, 0.1) is 13.8 Å². The fraction of sp³-hybridized carbons (Fsp3) is 0.391. The van der Waals surface area contributed by atoms with Crippen molar-refractivity contribution in [3.05, 3.63) is 59.4 Å². The highest BCUT2D eigenvalue weighted by molar-refractivity contribution is 5.97. The fourth-order valence-corrected chi connectivity index (χ4v) is 4.13. The van der Waals surface area contributed by atoms with E-state index in [9.17, 15) is 4.79 Å². The zero-order valence-electron chi connectivity index (χ0n) is 16.2. The van der Waals surface area contributed by atoms with E-state index in [1.54, 1.807) is 0 Å². The number of aryl methyl sites for hydroxylation is 2. The van der Waals surface area contributed by atoms with Gasteiger partial charge in [-0.05, 0) is 62.6 Å². The third-order valence-electron chi connectivity index (χ3n) is 5.53. The van der Waals surface area contributed by atoms with Crippen molar-refractivity contribution in [1.82, 2.24) is 14.9 Å². The molecule has 0 spiro atoms. The Morgan fingerprint density at radius 2 is 1.81 bits per heavy atom. The molecule has 140 valence electrons. The van der Waals surface area contributed by atoms with Gasteiger partial charge in [-0.25, -0.2) is 4.98 Å². The number of rotatable bonds is 3. The minimum absolute atomic E-state index is 0.0200. The van der Waals surface area contributed by atoms with Crippen molar-refractivity contribution in [3.8, 4) is 5.69 Å². The first-order valence-electron chi connectivity index (χ1n) is 9.99.